The Hall–Kier alpha value is -5.09. The number of amidine groups is 1. The van der Waals surface area contributed by atoms with Gasteiger partial charge in [-0.05, 0) is 62.1 Å². The number of aliphatic imine (C=N–C) groups is 2. The lowest BCUT2D eigenvalue weighted by atomic mass is 10.1. The zero-order valence-electron chi connectivity index (χ0n) is 23.8. The highest BCUT2D eigenvalue weighted by molar-refractivity contribution is 6.04. The van der Waals surface area contributed by atoms with Crippen LogP contribution in [-0.2, 0) is 0 Å². The van der Waals surface area contributed by atoms with Crippen molar-refractivity contribution in [2.45, 2.75) is 34.1 Å². The monoisotopic (exact) mass is 533 g/mol. The Balaban J connectivity index is 0.00000274. The maximum absolute atomic E-state index is 5.72. The van der Waals surface area contributed by atoms with Crippen molar-refractivity contribution in [3.8, 4) is 12.8 Å². The Labute approximate surface area is 238 Å². The fraction of sp³-hybridized carbons (Fsp3) is 0.182. The molecule has 3 rings (SSSR count). The van der Waals surface area contributed by atoms with E-state index in [2.05, 4.69) is 70.7 Å². The number of nitrogens with two attached hydrogens (primary N) is 1. The van der Waals surface area contributed by atoms with Crippen LogP contribution in [0.3, 0.4) is 0 Å². The third-order valence-corrected chi connectivity index (χ3v) is 6.15. The topological polar surface area (TPSA) is 103 Å². The van der Waals surface area contributed by atoms with Gasteiger partial charge in [0.2, 0.25) is 0 Å². The van der Waals surface area contributed by atoms with Gasteiger partial charge in [0.1, 0.15) is 0 Å². The van der Waals surface area contributed by atoms with Crippen molar-refractivity contribution in [3.63, 3.8) is 0 Å². The quantitative estimate of drug-likeness (QED) is 0.0932. The molecule has 7 heteroatoms. The number of hydrogen-bond acceptors (Lipinski definition) is 4. The van der Waals surface area contributed by atoms with Crippen molar-refractivity contribution in [1.82, 2.24) is 15.3 Å². The summed E-state index contributed by atoms with van der Waals surface area (Å²) in [7, 11) is 0. The Morgan fingerprint density at radius 3 is 2.50 bits per heavy atom. The number of hydrogen-bond donors (Lipinski definition) is 4. The lowest BCUT2D eigenvalue weighted by molar-refractivity contribution is 0.903. The van der Waals surface area contributed by atoms with Gasteiger partial charge in [0, 0.05) is 47.8 Å². The molecular formula is C33H39N7. The minimum Gasteiger partial charge on any atom is -0.390 e. The lowest BCUT2D eigenvalue weighted by Crippen LogP contribution is -2.15. The van der Waals surface area contributed by atoms with E-state index in [-0.39, 0.29) is 0 Å². The van der Waals surface area contributed by atoms with Crippen molar-refractivity contribution in [2.24, 2.45) is 15.7 Å². The number of pyridine rings is 1. The van der Waals surface area contributed by atoms with Crippen molar-refractivity contribution < 1.29 is 0 Å². The van der Waals surface area contributed by atoms with Crippen LogP contribution < -0.4 is 16.4 Å². The summed E-state index contributed by atoms with van der Waals surface area (Å²) in [6.45, 7) is 17.4. The molecule has 0 saturated heterocycles. The molecule has 0 aliphatic heterocycles. The number of anilines is 1. The fourth-order valence-corrected chi connectivity index (χ4v) is 3.82. The largest absolute Gasteiger partial charge is 0.390 e. The molecule has 0 unspecified atom stereocenters. The maximum Gasteiger partial charge on any atom is 0.178 e. The van der Waals surface area contributed by atoms with Gasteiger partial charge in [-0.25, -0.2) is 9.98 Å². The van der Waals surface area contributed by atoms with Crippen molar-refractivity contribution in [1.29, 1.82) is 0 Å². The van der Waals surface area contributed by atoms with Crippen molar-refractivity contribution in [2.75, 3.05) is 11.9 Å². The molecule has 40 heavy (non-hydrogen) atoms. The molecular weight excluding hydrogens is 494 g/mol. The van der Waals surface area contributed by atoms with Gasteiger partial charge in [-0.1, -0.05) is 56.0 Å². The van der Waals surface area contributed by atoms with E-state index in [0.29, 0.717) is 5.84 Å². The van der Waals surface area contributed by atoms with Crippen LogP contribution in [0.25, 0.3) is 11.4 Å². The summed E-state index contributed by atoms with van der Waals surface area (Å²) < 4.78 is 0. The fourth-order valence-electron chi connectivity index (χ4n) is 3.82. The zero-order valence-corrected chi connectivity index (χ0v) is 23.8. The molecule has 0 aliphatic carbocycles. The first kappa shape index (κ1) is 31.1. The third-order valence-electron chi connectivity index (χ3n) is 6.15. The number of aromatic amines is 1. The van der Waals surface area contributed by atoms with Gasteiger partial charge in [-0.2, -0.15) is 0 Å². The number of nitrogens with zero attached hydrogens (tertiary/aromatic N) is 3. The van der Waals surface area contributed by atoms with Gasteiger partial charge in [-0.15, -0.1) is 12.8 Å². The van der Waals surface area contributed by atoms with Crippen molar-refractivity contribution in [3.05, 3.63) is 114 Å². The normalized spacial score (nSPS) is 11.8. The molecule has 1 aromatic carbocycles. The smallest absolute Gasteiger partial charge is 0.178 e. The molecule has 0 amide bonds. The summed E-state index contributed by atoms with van der Waals surface area (Å²) in [6, 6.07) is 9.80. The minimum atomic E-state index is 0.485. The standard InChI is InChI=1S/C31H37N7.C2H2/c1-7-9-10-25(8-2)18-34-24(6)28-19-35-30(22(28)4)31(36-20-32)38-29-17-26(12-11-21(29)3)23(5)37-27-13-15-33-16-14-27;1-2/h7,9-17,19-20,34-35H,5-6,8,18H2,1-4H3,(H,33,37)(H2,32,36,38);1-2H/b9-7-,25-10+;. The van der Waals surface area contributed by atoms with Gasteiger partial charge < -0.3 is 21.4 Å². The Bertz CT molecular complexity index is 1430. The molecule has 2 heterocycles. The van der Waals surface area contributed by atoms with E-state index >= 15 is 0 Å². The third kappa shape index (κ3) is 8.47. The molecule has 5 N–H and O–H groups in total. The second kappa shape index (κ2) is 16.0. The molecule has 2 aromatic heterocycles. The van der Waals surface area contributed by atoms with Gasteiger partial charge >= 0.3 is 0 Å². The summed E-state index contributed by atoms with van der Waals surface area (Å²) in [5.74, 6) is 0.485. The van der Waals surface area contributed by atoms with Crippen LogP contribution >= 0.6 is 0 Å². The van der Waals surface area contributed by atoms with Crippen LogP contribution in [0.5, 0.6) is 0 Å². The van der Waals surface area contributed by atoms with Gasteiger partial charge in [0.05, 0.1) is 17.7 Å². The molecule has 0 spiro atoms. The first-order valence-corrected chi connectivity index (χ1v) is 12.9. The van der Waals surface area contributed by atoms with E-state index in [1.807, 2.05) is 63.4 Å². The zero-order chi connectivity index (χ0) is 29.5. The summed E-state index contributed by atoms with van der Waals surface area (Å²) in [5, 5.41) is 6.75. The second-order valence-corrected chi connectivity index (χ2v) is 8.79. The van der Waals surface area contributed by atoms with E-state index in [9.17, 15) is 0 Å². The number of aromatic nitrogens is 2. The van der Waals surface area contributed by atoms with E-state index < -0.39 is 0 Å². The number of aryl methyl sites for hydroxylation is 1. The Morgan fingerprint density at radius 2 is 1.85 bits per heavy atom. The Kier molecular flexibility index (Phi) is 12.5. The number of rotatable bonds is 11. The Morgan fingerprint density at radius 1 is 1.12 bits per heavy atom. The maximum atomic E-state index is 5.72. The number of H-pyrrole nitrogens is 1. The predicted octanol–water partition coefficient (Wildman–Crippen LogP) is 6.90. The first-order valence-electron chi connectivity index (χ1n) is 12.9. The number of allylic oxidation sites excluding steroid dienone is 3. The second-order valence-electron chi connectivity index (χ2n) is 8.79. The summed E-state index contributed by atoms with van der Waals surface area (Å²) in [4.78, 5) is 16.6. The summed E-state index contributed by atoms with van der Waals surface area (Å²) in [6.07, 6.45) is 21.8. The highest BCUT2D eigenvalue weighted by Crippen LogP contribution is 2.27. The van der Waals surface area contributed by atoms with Crippen LogP contribution in [0, 0.1) is 26.7 Å². The summed E-state index contributed by atoms with van der Waals surface area (Å²) >= 11 is 0. The molecule has 206 valence electrons. The predicted molar refractivity (Wildman–Crippen MR) is 173 cm³/mol. The van der Waals surface area contributed by atoms with Gasteiger partial charge in [-0.3, -0.25) is 4.98 Å². The average molecular weight is 534 g/mol. The SMILES string of the molecule is C#C.C=C(Nc1ccncc1)c1ccc(C)c(N=C(N=CN)c2[nH]cc(C(=C)NC/C(=C/C=C\C)CC)c2C)c1. The van der Waals surface area contributed by atoms with Crippen molar-refractivity contribution >= 4 is 34.9 Å². The van der Waals surface area contributed by atoms with Gasteiger partial charge in [0.25, 0.3) is 0 Å². The first-order chi connectivity index (χ1) is 19.4. The minimum absolute atomic E-state index is 0.485. The number of terminal acetylenes is 1. The molecule has 0 aliphatic rings. The molecule has 0 bridgehead atoms. The number of benzene rings is 1. The summed E-state index contributed by atoms with van der Waals surface area (Å²) in [5.41, 5.74) is 15.0. The van der Waals surface area contributed by atoms with Crippen LogP contribution in [0.4, 0.5) is 11.4 Å². The van der Waals surface area contributed by atoms with E-state index in [4.69, 9.17) is 10.7 Å². The lowest BCUT2D eigenvalue weighted by Gasteiger charge is -2.12. The van der Waals surface area contributed by atoms with Crippen LogP contribution in [0.2, 0.25) is 0 Å². The number of nitrogens with one attached hydrogen (secondary N) is 3. The molecule has 0 saturated carbocycles. The van der Waals surface area contributed by atoms with E-state index in [1.165, 1.54) is 11.9 Å². The van der Waals surface area contributed by atoms with Crippen LogP contribution in [0.1, 0.15) is 48.2 Å². The van der Waals surface area contributed by atoms with E-state index in [0.717, 1.165) is 63.7 Å². The van der Waals surface area contributed by atoms with Crippen LogP contribution in [0.15, 0.2) is 95.9 Å². The molecule has 7 nitrogen and oxygen atoms in total. The van der Waals surface area contributed by atoms with Gasteiger partial charge in [0.15, 0.2) is 5.84 Å². The molecule has 0 atom stereocenters. The highest BCUT2D eigenvalue weighted by Gasteiger charge is 2.15. The molecule has 0 fully saturated rings. The highest BCUT2D eigenvalue weighted by atomic mass is 15.0. The average Bonchev–Trinajstić information content (AvgIpc) is 3.36. The van der Waals surface area contributed by atoms with Crippen LogP contribution in [-0.4, -0.2) is 28.7 Å². The molecule has 3 aromatic rings. The molecule has 0 radical (unpaired) electrons. The van der Waals surface area contributed by atoms with E-state index in [1.54, 1.807) is 12.4 Å².